The Morgan fingerprint density at radius 1 is 1.07 bits per heavy atom. The van der Waals surface area contributed by atoms with E-state index in [0.29, 0.717) is 17.4 Å². The molecule has 2 N–H and O–H groups in total. The van der Waals surface area contributed by atoms with Crippen LogP contribution in [0.1, 0.15) is 12.5 Å². The summed E-state index contributed by atoms with van der Waals surface area (Å²) in [4.78, 5) is 4.45. The van der Waals surface area contributed by atoms with E-state index in [9.17, 15) is 8.42 Å². The van der Waals surface area contributed by atoms with Gasteiger partial charge >= 0.3 is 0 Å². The maximum absolute atomic E-state index is 12.3. The maximum Gasteiger partial charge on any atom is 0.191 e. The van der Waals surface area contributed by atoms with Gasteiger partial charge in [0.1, 0.15) is 11.9 Å². The molecule has 28 heavy (non-hydrogen) atoms. The van der Waals surface area contributed by atoms with Gasteiger partial charge in [0.05, 0.1) is 17.2 Å². The summed E-state index contributed by atoms with van der Waals surface area (Å²) >= 11 is 0. The Morgan fingerprint density at radius 3 is 2.36 bits per heavy atom. The third kappa shape index (κ3) is 7.67. The Hall–Kier alpha value is -1.81. The lowest BCUT2D eigenvalue weighted by Gasteiger charge is -2.18. The van der Waals surface area contributed by atoms with Gasteiger partial charge in [0.2, 0.25) is 0 Å². The first-order valence-electron chi connectivity index (χ1n) is 8.87. The van der Waals surface area contributed by atoms with Crippen molar-refractivity contribution >= 4 is 39.8 Å². The van der Waals surface area contributed by atoms with E-state index in [0.717, 1.165) is 11.3 Å². The number of aryl methyl sites for hydroxylation is 1. The predicted molar refractivity (Wildman–Crippen MR) is 125 cm³/mol. The molecule has 0 spiro atoms. The molecule has 2 aromatic carbocycles. The third-order valence-corrected chi connectivity index (χ3v) is 5.70. The molecule has 6 nitrogen and oxygen atoms in total. The van der Waals surface area contributed by atoms with Gasteiger partial charge in [-0.05, 0) is 37.6 Å². The number of sulfone groups is 1. The normalized spacial score (nSPS) is 12.6. The van der Waals surface area contributed by atoms with E-state index in [1.54, 1.807) is 37.4 Å². The minimum absolute atomic E-state index is 0. The molecular weight excluding hydrogens is 489 g/mol. The molecule has 0 bridgehead atoms. The van der Waals surface area contributed by atoms with Crippen LogP contribution >= 0.6 is 24.0 Å². The Balaban J connectivity index is 0.00000392. The van der Waals surface area contributed by atoms with Gasteiger partial charge in [-0.2, -0.15) is 0 Å². The van der Waals surface area contributed by atoms with Crippen molar-refractivity contribution in [3.8, 4) is 5.75 Å². The zero-order valence-corrected chi connectivity index (χ0v) is 19.5. The van der Waals surface area contributed by atoms with Gasteiger partial charge in [0.25, 0.3) is 0 Å². The second-order valence-electron chi connectivity index (χ2n) is 6.21. The standard InChI is InChI=1S/C20H27N3O3S.HI/c1-16-9-7-8-12-19(16)26-17(2)15-23-20(21-3)22-13-14-27(24,25)18-10-5-4-6-11-18;/h4-12,17H,13-15H2,1-3H3,(H2,21,22,23);1H. The van der Waals surface area contributed by atoms with Crippen molar-refractivity contribution in [2.24, 2.45) is 4.99 Å². The molecule has 0 amide bonds. The highest BCUT2D eigenvalue weighted by Crippen LogP contribution is 2.17. The zero-order valence-electron chi connectivity index (χ0n) is 16.4. The van der Waals surface area contributed by atoms with Crippen LogP contribution in [0.3, 0.4) is 0 Å². The molecule has 0 heterocycles. The molecule has 0 aliphatic heterocycles. The van der Waals surface area contributed by atoms with Crippen LogP contribution in [0.2, 0.25) is 0 Å². The number of aliphatic imine (C=N–C) groups is 1. The average Bonchev–Trinajstić information content (AvgIpc) is 2.67. The minimum Gasteiger partial charge on any atom is -0.489 e. The second kappa shape index (κ2) is 11.9. The van der Waals surface area contributed by atoms with Crippen molar-refractivity contribution in [3.63, 3.8) is 0 Å². The number of guanidine groups is 1. The molecular formula is C20H28IN3O3S. The molecule has 0 saturated heterocycles. The van der Waals surface area contributed by atoms with Crippen LogP contribution in [0.5, 0.6) is 5.75 Å². The highest BCUT2D eigenvalue weighted by molar-refractivity contribution is 14.0. The van der Waals surface area contributed by atoms with Crippen LogP contribution in [0.25, 0.3) is 0 Å². The highest BCUT2D eigenvalue weighted by Gasteiger charge is 2.14. The number of hydrogen-bond donors (Lipinski definition) is 2. The van der Waals surface area contributed by atoms with Gasteiger partial charge in [0.15, 0.2) is 15.8 Å². The topological polar surface area (TPSA) is 79.8 Å². The second-order valence-corrected chi connectivity index (χ2v) is 8.31. The summed E-state index contributed by atoms with van der Waals surface area (Å²) in [5, 5.41) is 6.18. The first-order valence-corrected chi connectivity index (χ1v) is 10.5. The van der Waals surface area contributed by atoms with Crippen LogP contribution in [0, 0.1) is 6.92 Å². The van der Waals surface area contributed by atoms with Crippen LogP contribution < -0.4 is 15.4 Å². The summed E-state index contributed by atoms with van der Waals surface area (Å²) in [6, 6.07) is 16.3. The summed E-state index contributed by atoms with van der Waals surface area (Å²) in [5.41, 5.74) is 1.08. The Labute approximate surface area is 184 Å². The van der Waals surface area contributed by atoms with Crippen LogP contribution in [0.15, 0.2) is 64.5 Å². The number of nitrogens with one attached hydrogen (secondary N) is 2. The number of rotatable bonds is 8. The van der Waals surface area contributed by atoms with Crippen molar-refractivity contribution in [2.45, 2.75) is 24.8 Å². The van der Waals surface area contributed by atoms with E-state index in [1.807, 2.05) is 38.1 Å². The lowest BCUT2D eigenvalue weighted by Crippen LogP contribution is -2.43. The zero-order chi connectivity index (χ0) is 19.7. The van der Waals surface area contributed by atoms with Gasteiger partial charge in [-0.25, -0.2) is 8.42 Å². The summed E-state index contributed by atoms with van der Waals surface area (Å²) in [6.07, 6.45) is -0.0716. The molecule has 154 valence electrons. The molecule has 1 unspecified atom stereocenters. The predicted octanol–water partition coefficient (Wildman–Crippen LogP) is 3.02. The molecule has 2 aromatic rings. The minimum atomic E-state index is -3.31. The third-order valence-electron chi connectivity index (χ3n) is 3.97. The number of benzene rings is 2. The van der Waals surface area contributed by atoms with E-state index >= 15 is 0 Å². The lowest BCUT2D eigenvalue weighted by molar-refractivity contribution is 0.222. The van der Waals surface area contributed by atoms with E-state index in [1.165, 1.54) is 0 Å². The summed E-state index contributed by atoms with van der Waals surface area (Å²) in [6.45, 7) is 4.78. The quantitative estimate of drug-likeness (QED) is 0.320. The number of nitrogens with zero attached hydrogens (tertiary/aromatic N) is 1. The fourth-order valence-corrected chi connectivity index (χ4v) is 3.64. The van der Waals surface area contributed by atoms with Crippen LogP contribution in [-0.2, 0) is 9.84 Å². The van der Waals surface area contributed by atoms with Crippen molar-refractivity contribution in [2.75, 3.05) is 25.9 Å². The SMILES string of the molecule is CN=C(NCCS(=O)(=O)c1ccccc1)NCC(C)Oc1ccccc1C.I. The van der Waals surface area contributed by atoms with Crippen molar-refractivity contribution < 1.29 is 13.2 Å². The fourth-order valence-electron chi connectivity index (χ4n) is 2.46. The number of para-hydroxylation sites is 1. The molecule has 8 heteroatoms. The molecule has 0 aromatic heterocycles. The number of halogens is 1. The number of hydrogen-bond acceptors (Lipinski definition) is 4. The van der Waals surface area contributed by atoms with Crippen LogP contribution in [-0.4, -0.2) is 46.4 Å². The monoisotopic (exact) mass is 517 g/mol. The number of ether oxygens (including phenoxy) is 1. The molecule has 0 radical (unpaired) electrons. The first-order chi connectivity index (χ1) is 12.9. The lowest BCUT2D eigenvalue weighted by atomic mass is 10.2. The Morgan fingerprint density at radius 2 is 1.71 bits per heavy atom. The molecule has 0 saturated carbocycles. The van der Waals surface area contributed by atoms with E-state index < -0.39 is 9.84 Å². The average molecular weight is 517 g/mol. The van der Waals surface area contributed by atoms with Gasteiger partial charge in [-0.15, -0.1) is 24.0 Å². The fraction of sp³-hybridized carbons (Fsp3) is 0.350. The maximum atomic E-state index is 12.3. The smallest absolute Gasteiger partial charge is 0.191 e. The van der Waals surface area contributed by atoms with Crippen LogP contribution in [0.4, 0.5) is 0 Å². The van der Waals surface area contributed by atoms with Crippen molar-refractivity contribution in [3.05, 3.63) is 60.2 Å². The summed E-state index contributed by atoms with van der Waals surface area (Å²) in [5.74, 6) is 1.38. The van der Waals surface area contributed by atoms with Crippen molar-refractivity contribution in [1.82, 2.24) is 10.6 Å². The first kappa shape index (κ1) is 24.2. The van der Waals surface area contributed by atoms with Crippen molar-refractivity contribution in [1.29, 1.82) is 0 Å². The summed E-state index contributed by atoms with van der Waals surface area (Å²) in [7, 11) is -1.66. The van der Waals surface area contributed by atoms with Gasteiger partial charge < -0.3 is 15.4 Å². The molecule has 1 atom stereocenters. The van der Waals surface area contributed by atoms with Gasteiger partial charge in [-0.1, -0.05) is 36.4 Å². The Kier molecular flexibility index (Phi) is 10.3. The summed E-state index contributed by atoms with van der Waals surface area (Å²) < 4.78 is 30.5. The molecule has 0 aliphatic rings. The van der Waals surface area contributed by atoms with E-state index in [-0.39, 0.29) is 42.4 Å². The largest absolute Gasteiger partial charge is 0.489 e. The Bertz CT molecular complexity index is 858. The molecule has 2 rings (SSSR count). The van der Waals surface area contributed by atoms with Gasteiger partial charge in [0, 0.05) is 13.6 Å². The highest BCUT2D eigenvalue weighted by atomic mass is 127. The van der Waals surface area contributed by atoms with E-state index in [2.05, 4.69) is 15.6 Å². The van der Waals surface area contributed by atoms with Gasteiger partial charge in [-0.3, -0.25) is 4.99 Å². The van der Waals surface area contributed by atoms with E-state index in [4.69, 9.17) is 4.74 Å². The molecule has 0 fully saturated rings. The molecule has 0 aliphatic carbocycles.